The third-order valence-electron chi connectivity index (χ3n) is 2.71. The lowest BCUT2D eigenvalue weighted by atomic mass is 10.1. The van der Waals surface area contributed by atoms with Crippen LogP contribution in [0.15, 0.2) is 28.6 Å². The van der Waals surface area contributed by atoms with Gasteiger partial charge in [0.25, 0.3) is 0 Å². The molecule has 0 aliphatic rings. The van der Waals surface area contributed by atoms with Crippen LogP contribution in [0.25, 0.3) is 0 Å². The van der Waals surface area contributed by atoms with Crippen molar-refractivity contribution in [3.05, 3.63) is 29.8 Å². The van der Waals surface area contributed by atoms with Crippen molar-refractivity contribution in [2.24, 2.45) is 0 Å². The van der Waals surface area contributed by atoms with Crippen LogP contribution >= 0.6 is 23.1 Å². The Labute approximate surface area is 136 Å². The Balaban J connectivity index is 2.01. The number of nitrogens with one attached hydrogen (secondary N) is 1. The Morgan fingerprint density at radius 2 is 1.95 bits per heavy atom. The zero-order chi connectivity index (χ0) is 16.1. The molecule has 0 aliphatic carbocycles. The number of nitrogens with zero attached hydrogens (tertiary/aromatic N) is 2. The van der Waals surface area contributed by atoms with E-state index in [0.29, 0.717) is 20.8 Å². The Bertz CT molecular complexity index is 670. The van der Waals surface area contributed by atoms with Crippen LogP contribution < -0.4 is 10.1 Å². The van der Waals surface area contributed by atoms with E-state index in [1.54, 1.807) is 31.4 Å². The SMILES string of the molecule is COc1ccc(C(=O)C(C)Sc2nnc(NC(C)=O)s2)cc1. The monoisotopic (exact) mass is 337 g/mol. The fraction of sp³-hybridized carbons (Fsp3) is 0.286. The maximum Gasteiger partial charge on any atom is 0.223 e. The predicted molar refractivity (Wildman–Crippen MR) is 86.9 cm³/mol. The standard InChI is InChI=1S/C14H15N3O3S2/c1-8(12(19)10-4-6-11(20-3)7-5-10)21-14-17-16-13(22-14)15-9(2)18/h4-8H,1-3H3,(H,15,16,18). The lowest BCUT2D eigenvalue weighted by molar-refractivity contribution is -0.114. The van der Waals surface area contributed by atoms with Crippen LogP contribution in [0.4, 0.5) is 5.13 Å². The molecule has 0 bridgehead atoms. The number of carbonyl (C=O) groups excluding carboxylic acids is 2. The van der Waals surface area contributed by atoms with Crippen LogP contribution in [-0.4, -0.2) is 34.2 Å². The first-order valence-corrected chi connectivity index (χ1v) is 8.15. The van der Waals surface area contributed by atoms with Crippen molar-refractivity contribution < 1.29 is 14.3 Å². The van der Waals surface area contributed by atoms with E-state index in [2.05, 4.69) is 15.5 Å². The number of benzene rings is 1. The predicted octanol–water partition coefficient (Wildman–Crippen LogP) is 2.87. The number of carbonyl (C=O) groups is 2. The molecule has 0 fully saturated rings. The third-order valence-corrected chi connectivity index (χ3v) is 4.73. The van der Waals surface area contributed by atoms with Crippen molar-refractivity contribution in [2.75, 3.05) is 12.4 Å². The third kappa shape index (κ3) is 4.28. The van der Waals surface area contributed by atoms with E-state index in [1.807, 2.05) is 6.92 Å². The van der Waals surface area contributed by atoms with Crippen molar-refractivity contribution in [1.82, 2.24) is 10.2 Å². The molecule has 116 valence electrons. The molecule has 2 aromatic rings. The van der Waals surface area contributed by atoms with Gasteiger partial charge in [-0.2, -0.15) is 0 Å². The van der Waals surface area contributed by atoms with Gasteiger partial charge in [-0.3, -0.25) is 9.59 Å². The van der Waals surface area contributed by atoms with Gasteiger partial charge in [0, 0.05) is 12.5 Å². The number of thioether (sulfide) groups is 1. The minimum absolute atomic E-state index is 0.00364. The molecular weight excluding hydrogens is 322 g/mol. The Morgan fingerprint density at radius 1 is 1.27 bits per heavy atom. The molecular formula is C14H15N3O3S2. The van der Waals surface area contributed by atoms with Gasteiger partial charge in [0.1, 0.15) is 5.75 Å². The van der Waals surface area contributed by atoms with E-state index in [9.17, 15) is 9.59 Å². The van der Waals surface area contributed by atoms with Crippen LogP contribution in [-0.2, 0) is 4.79 Å². The molecule has 0 saturated heterocycles. The molecule has 2 rings (SSSR count). The molecule has 1 atom stereocenters. The minimum Gasteiger partial charge on any atom is -0.497 e. The summed E-state index contributed by atoms with van der Waals surface area (Å²) in [6.45, 7) is 3.22. The number of rotatable bonds is 6. The van der Waals surface area contributed by atoms with Crippen LogP contribution in [0.5, 0.6) is 5.75 Å². The van der Waals surface area contributed by atoms with Crippen molar-refractivity contribution >= 4 is 39.9 Å². The fourth-order valence-corrected chi connectivity index (χ4v) is 3.67. The molecule has 0 aliphatic heterocycles. The number of ketones is 1. The number of Topliss-reactive ketones (excluding diaryl/α,β-unsaturated/α-hetero) is 1. The molecule has 6 nitrogen and oxygen atoms in total. The van der Waals surface area contributed by atoms with Gasteiger partial charge in [-0.25, -0.2) is 0 Å². The summed E-state index contributed by atoms with van der Waals surface area (Å²) in [5.74, 6) is 0.514. The number of methoxy groups -OCH3 is 1. The second-order valence-electron chi connectivity index (χ2n) is 4.41. The average molecular weight is 337 g/mol. The van der Waals surface area contributed by atoms with Crippen molar-refractivity contribution in [3.8, 4) is 5.75 Å². The highest BCUT2D eigenvalue weighted by atomic mass is 32.2. The number of aromatic nitrogens is 2. The summed E-state index contributed by atoms with van der Waals surface area (Å²) in [4.78, 5) is 23.3. The summed E-state index contributed by atoms with van der Waals surface area (Å²) in [7, 11) is 1.58. The van der Waals surface area contributed by atoms with Crippen LogP contribution in [0, 0.1) is 0 Å². The van der Waals surface area contributed by atoms with Gasteiger partial charge in [0.15, 0.2) is 10.1 Å². The number of hydrogen-bond donors (Lipinski definition) is 1. The van der Waals surface area contributed by atoms with Gasteiger partial charge in [-0.15, -0.1) is 10.2 Å². The first kappa shape index (κ1) is 16.4. The van der Waals surface area contributed by atoms with Gasteiger partial charge in [-0.05, 0) is 31.2 Å². The number of hydrogen-bond acceptors (Lipinski definition) is 7. The highest BCUT2D eigenvalue weighted by molar-refractivity contribution is 8.02. The molecule has 1 N–H and O–H groups in total. The van der Waals surface area contributed by atoms with E-state index in [1.165, 1.54) is 30.0 Å². The number of amides is 1. The quantitative estimate of drug-likeness (QED) is 0.496. The highest BCUT2D eigenvalue weighted by Gasteiger charge is 2.19. The van der Waals surface area contributed by atoms with Gasteiger partial charge < -0.3 is 10.1 Å². The second-order valence-corrected chi connectivity index (χ2v) is 6.97. The van der Waals surface area contributed by atoms with Gasteiger partial charge >= 0.3 is 0 Å². The van der Waals surface area contributed by atoms with E-state index in [-0.39, 0.29) is 16.9 Å². The van der Waals surface area contributed by atoms with Crippen LogP contribution in [0.2, 0.25) is 0 Å². The van der Waals surface area contributed by atoms with Gasteiger partial charge in [-0.1, -0.05) is 23.1 Å². The topological polar surface area (TPSA) is 81.2 Å². The maximum atomic E-state index is 12.4. The fourth-order valence-electron chi connectivity index (χ4n) is 1.65. The van der Waals surface area contributed by atoms with Gasteiger partial charge in [0.05, 0.1) is 12.4 Å². The molecule has 22 heavy (non-hydrogen) atoms. The summed E-state index contributed by atoms with van der Waals surface area (Å²) in [5.41, 5.74) is 0.618. The molecule has 0 saturated carbocycles. The van der Waals surface area contributed by atoms with E-state index >= 15 is 0 Å². The molecule has 1 aromatic carbocycles. The smallest absolute Gasteiger partial charge is 0.223 e. The van der Waals surface area contributed by atoms with Crippen molar-refractivity contribution in [3.63, 3.8) is 0 Å². The van der Waals surface area contributed by atoms with Crippen LogP contribution in [0.3, 0.4) is 0 Å². The van der Waals surface area contributed by atoms with Crippen molar-refractivity contribution in [1.29, 1.82) is 0 Å². The summed E-state index contributed by atoms with van der Waals surface area (Å²) in [6.07, 6.45) is 0. The first-order valence-electron chi connectivity index (χ1n) is 6.45. The molecule has 8 heteroatoms. The number of ether oxygens (including phenoxy) is 1. The number of anilines is 1. The summed E-state index contributed by atoms with van der Waals surface area (Å²) < 4.78 is 5.71. The van der Waals surface area contributed by atoms with Gasteiger partial charge in [0.2, 0.25) is 11.0 Å². The lowest BCUT2D eigenvalue weighted by Crippen LogP contribution is -2.13. The van der Waals surface area contributed by atoms with E-state index < -0.39 is 0 Å². The molecule has 1 unspecified atom stereocenters. The lowest BCUT2D eigenvalue weighted by Gasteiger charge is -2.08. The summed E-state index contributed by atoms with van der Waals surface area (Å²) >= 11 is 2.56. The molecule has 0 spiro atoms. The van der Waals surface area contributed by atoms with E-state index in [4.69, 9.17) is 4.74 Å². The second kappa shape index (κ2) is 7.37. The first-order chi connectivity index (χ1) is 10.5. The largest absolute Gasteiger partial charge is 0.497 e. The zero-order valence-corrected chi connectivity index (χ0v) is 14.0. The van der Waals surface area contributed by atoms with Crippen LogP contribution in [0.1, 0.15) is 24.2 Å². The molecule has 1 heterocycles. The highest BCUT2D eigenvalue weighted by Crippen LogP contribution is 2.30. The maximum absolute atomic E-state index is 12.4. The molecule has 1 amide bonds. The Morgan fingerprint density at radius 3 is 2.55 bits per heavy atom. The minimum atomic E-state index is -0.300. The van der Waals surface area contributed by atoms with Crippen molar-refractivity contribution in [2.45, 2.75) is 23.4 Å². The summed E-state index contributed by atoms with van der Waals surface area (Å²) in [6, 6.07) is 6.98. The molecule has 0 radical (unpaired) electrons. The summed E-state index contributed by atoms with van der Waals surface area (Å²) in [5, 5.41) is 10.5. The Kier molecular flexibility index (Phi) is 5.51. The zero-order valence-electron chi connectivity index (χ0n) is 12.3. The average Bonchev–Trinajstić information content (AvgIpc) is 2.92. The normalized spacial score (nSPS) is 11.8. The Hall–Kier alpha value is -1.93. The van der Waals surface area contributed by atoms with E-state index in [0.717, 1.165) is 0 Å². The molecule has 1 aromatic heterocycles.